The minimum absolute atomic E-state index is 0.280. The number of hydroxylamine groups is 1. The molecular weight excluding hydrogens is 200 g/mol. The highest BCUT2D eigenvalue weighted by atomic mass is 16.5. The van der Waals surface area contributed by atoms with Gasteiger partial charge in [0.15, 0.2) is 0 Å². The second-order valence-electron chi connectivity index (χ2n) is 2.60. The van der Waals surface area contributed by atoms with E-state index in [0.29, 0.717) is 5.76 Å². The number of nitrogens with one attached hydrogen (secondary N) is 2. The van der Waals surface area contributed by atoms with Gasteiger partial charge in [-0.15, -0.1) is 0 Å². The zero-order chi connectivity index (χ0) is 11.1. The molecule has 0 unspecified atom stereocenters. The van der Waals surface area contributed by atoms with Gasteiger partial charge >= 0.3 is 0 Å². The van der Waals surface area contributed by atoms with Crippen LogP contribution < -0.4 is 10.8 Å². The molecule has 1 aromatic rings. The first-order chi connectivity index (χ1) is 7.22. The van der Waals surface area contributed by atoms with Gasteiger partial charge in [0.1, 0.15) is 5.76 Å². The Morgan fingerprint density at radius 1 is 1.53 bits per heavy atom. The molecule has 15 heavy (non-hydrogen) atoms. The molecule has 0 saturated carbocycles. The predicted octanol–water partition coefficient (Wildman–Crippen LogP) is -0.0856. The van der Waals surface area contributed by atoms with E-state index in [9.17, 15) is 9.59 Å². The zero-order valence-corrected chi connectivity index (χ0v) is 7.77. The highest BCUT2D eigenvalue weighted by Crippen LogP contribution is 2.01. The second kappa shape index (κ2) is 5.61. The Bertz CT molecular complexity index is 356. The molecule has 0 aliphatic heterocycles. The number of hydrogen-bond donors (Lipinski definition) is 3. The average Bonchev–Trinajstić information content (AvgIpc) is 2.75. The Hall–Kier alpha value is -2.08. The van der Waals surface area contributed by atoms with Crippen molar-refractivity contribution in [3.8, 4) is 0 Å². The molecule has 0 bridgehead atoms. The van der Waals surface area contributed by atoms with Crippen LogP contribution >= 0.6 is 0 Å². The third kappa shape index (κ3) is 4.10. The first-order valence-electron chi connectivity index (χ1n) is 4.14. The van der Waals surface area contributed by atoms with Crippen molar-refractivity contribution >= 4 is 17.9 Å². The normalized spacial score (nSPS) is 10.2. The summed E-state index contributed by atoms with van der Waals surface area (Å²) in [6, 6.07) is 3.38. The Labute approximate surface area is 85.5 Å². The number of amides is 2. The predicted molar refractivity (Wildman–Crippen MR) is 50.7 cm³/mol. The maximum atomic E-state index is 11.1. The van der Waals surface area contributed by atoms with Gasteiger partial charge < -0.3 is 9.73 Å². The monoisotopic (exact) mass is 210 g/mol. The molecule has 0 spiro atoms. The SMILES string of the molecule is O=C(C=Cc1ccco1)NCC(=O)NO. The summed E-state index contributed by atoms with van der Waals surface area (Å²) < 4.78 is 4.94. The molecule has 0 saturated heterocycles. The van der Waals surface area contributed by atoms with Gasteiger partial charge in [0.25, 0.3) is 5.91 Å². The fourth-order valence-corrected chi connectivity index (χ4v) is 0.810. The van der Waals surface area contributed by atoms with Crippen LogP contribution in [0.4, 0.5) is 0 Å². The van der Waals surface area contributed by atoms with Crippen LogP contribution in [-0.4, -0.2) is 23.6 Å². The summed E-state index contributed by atoms with van der Waals surface area (Å²) in [6.07, 6.45) is 4.17. The molecule has 80 valence electrons. The molecule has 0 radical (unpaired) electrons. The number of rotatable bonds is 4. The van der Waals surface area contributed by atoms with Crippen LogP contribution in [0.25, 0.3) is 6.08 Å². The maximum absolute atomic E-state index is 11.1. The Balaban J connectivity index is 2.33. The minimum atomic E-state index is -0.685. The van der Waals surface area contributed by atoms with Crippen LogP contribution in [0.5, 0.6) is 0 Å². The first-order valence-corrected chi connectivity index (χ1v) is 4.14. The summed E-state index contributed by atoms with van der Waals surface area (Å²) >= 11 is 0. The lowest BCUT2D eigenvalue weighted by atomic mass is 10.4. The molecule has 1 rings (SSSR count). The van der Waals surface area contributed by atoms with E-state index in [-0.39, 0.29) is 6.54 Å². The Morgan fingerprint density at radius 3 is 2.93 bits per heavy atom. The van der Waals surface area contributed by atoms with Gasteiger partial charge in [0.2, 0.25) is 5.91 Å². The molecule has 6 heteroatoms. The van der Waals surface area contributed by atoms with E-state index in [0.717, 1.165) is 0 Å². The summed E-state index contributed by atoms with van der Waals surface area (Å²) in [7, 11) is 0. The highest BCUT2D eigenvalue weighted by molar-refractivity contribution is 5.93. The maximum Gasteiger partial charge on any atom is 0.262 e. The minimum Gasteiger partial charge on any atom is -0.465 e. The van der Waals surface area contributed by atoms with Crippen molar-refractivity contribution in [3.05, 3.63) is 30.2 Å². The van der Waals surface area contributed by atoms with Gasteiger partial charge in [-0.05, 0) is 18.2 Å². The van der Waals surface area contributed by atoms with Crippen molar-refractivity contribution in [2.75, 3.05) is 6.54 Å². The number of furan rings is 1. The van der Waals surface area contributed by atoms with Gasteiger partial charge in [-0.25, -0.2) is 5.48 Å². The van der Waals surface area contributed by atoms with Crippen LogP contribution in [0, 0.1) is 0 Å². The molecule has 0 aliphatic rings. The van der Waals surface area contributed by atoms with E-state index < -0.39 is 11.8 Å². The molecule has 0 atom stereocenters. The summed E-state index contributed by atoms with van der Waals surface area (Å²) in [5, 5.41) is 10.4. The topological polar surface area (TPSA) is 91.6 Å². The van der Waals surface area contributed by atoms with Crippen LogP contribution in [0.1, 0.15) is 5.76 Å². The van der Waals surface area contributed by atoms with Gasteiger partial charge in [0, 0.05) is 6.08 Å². The van der Waals surface area contributed by atoms with Crippen LogP contribution in [0.2, 0.25) is 0 Å². The molecule has 0 aromatic carbocycles. The summed E-state index contributed by atoms with van der Waals surface area (Å²) in [6.45, 7) is -0.280. The lowest BCUT2D eigenvalue weighted by Crippen LogP contribution is -2.34. The lowest BCUT2D eigenvalue weighted by molar-refractivity contribution is -0.130. The Morgan fingerprint density at radius 2 is 2.33 bits per heavy atom. The number of carbonyl (C=O) groups is 2. The smallest absolute Gasteiger partial charge is 0.262 e. The third-order valence-corrected chi connectivity index (χ3v) is 1.49. The van der Waals surface area contributed by atoms with Crippen molar-refractivity contribution in [3.63, 3.8) is 0 Å². The molecule has 0 aliphatic carbocycles. The third-order valence-electron chi connectivity index (χ3n) is 1.49. The molecule has 3 N–H and O–H groups in total. The lowest BCUT2D eigenvalue weighted by Gasteiger charge is -1.98. The van der Waals surface area contributed by atoms with E-state index in [4.69, 9.17) is 9.62 Å². The van der Waals surface area contributed by atoms with Crippen molar-refractivity contribution < 1.29 is 19.2 Å². The van der Waals surface area contributed by atoms with Crippen molar-refractivity contribution in [2.45, 2.75) is 0 Å². The van der Waals surface area contributed by atoms with Crippen LogP contribution in [0.15, 0.2) is 28.9 Å². The molecular formula is C9H10N2O4. The molecule has 0 fully saturated rings. The van der Waals surface area contributed by atoms with Crippen molar-refractivity contribution in [1.29, 1.82) is 0 Å². The van der Waals surface area contributed by atoms with E-state index >= 15 is 0 Å². The molecule has 1 aromatic heterocycles. The van der Waals surface area contributed by atoms with Crippen molar-refractivity contribution in [1.82, 2.24) is 10.8 Å². The van der Waals surface area contributed by atoms with E-state index in [1.165, 1.54) is 23.9 Å². The van der Waals surface area contributed by atoms with Gasteiger partial charge in [-0.3, -0.25) is 14.8 Å². The largest absolute Gasteiger partial charge is 0.465 e. The zero-order valence-electron chi connectivity index (χ0n) is 7.77. The van der Waals surface area contributed by atoms with E-state index in [1.807, 2.05) is 0 Å². The fourth-order valence-electron chi connectivity index (χ4n) is 0.810. The second-order valence-corrected chi connectivity index (χ2v) is 2.60. The molecule has 6 nitrogen and oxygen atoms in total. The van der Waals surface area contributed by atoms with Gasteiger partial charge in [0.05, 0.1) is 12.8 Å². The number of carbonyl (C=O) groups excluding carboxylic acids is 2. The molecule has 2 amide bonds. The van der Waals surface area contributed by atoms with Gasteiger partial charge in [-0.2, -0.15) is 0 Å². The Kier molecular flexibility index (Phi) is 4.11. The van der Waals surface area contributed by atoms with Crippen LogP contribution in [-0.2, 0) is 9.59 Å². The van der Waals surface area contributed by atoms with E-state index in [2.05, 4.69) is 5.32 Å². The number of hydrogen-bond acceptors (Lipinski definition) is 4. The van der Waals surface area contributed by atoms with Gasteiger partial charge in [-0.1, -0.05) is 0 Å². The summed E-state index contributed by atoms with van der Waals surface area (Å²) in [5.41, 5.74) is 1.39. The molecule has 1 heterocycles. The summed E-state index contributed by atoms with van der Waals surface area (Å²) in [4.78, 5) is 21.6. The fraction of sp³-hybridized carbons (Fsp3) is 0.111. The average molecular weight is 210 g/mol. The van der Waals surface area contributed by atoms with Crippen LogP contribution in [0.3, 0.4) is 0 Å². The van der Waals surface area contributed by atoms with Crippen molar-refractivity contribution in [2.24, 2.45) is 0 Å². The van der Waals surface area contributed by atoms with E-state index in [1.54, 1.807) is 12.1 Å². The standard InChI is InChI=1S/C9H10N2O4/c12-8(10-6-9(13)11-14)4-3-7-2-1-5-15-7/h1-5,14H,6H2,(H,10,12)(H,11,13). The quantitative estimate of drug-likeness (QED) is 0.368. The first kappa shape index (κ1) is 11.0. The highest BCUT2D eigenvalue weighted by Gasteiger charge is 2.00. The summed E-state index contributed by atoms with van der Waals surface area (Å²) in [5.74, 6) is -0.596.